The van der Waals surface area contributed by atoms with Crippen molar-refractivity contribution in [3.63, 3.8) is 0 Å². The molecule has 0 fully saturated rings. The molecular formula is C6H13NS3. The fraction of sp³-hybridized carbons (Fsp3) is 0.833. The summed E-state index contributed by atoms with van der Waals surface area (Å²) in [7, 11) is 0. The van der Waals surface area contributed by atoms with E-state index in [-0.39, 0.29) is 0 Å². The second-order valence-corrected chi connectivity index (χ2v) is 4.51. The van der Waals surface area contributed by atoms with Gasteiger partial charge in [-0.15, -0.1) is 0 Å². The highest BCUT2D eigenvalue weighted by Gasteiger charge is 1.92. The smallest absolute Gasteiger partial charge is 0.143 e. The predicted molar refractivity (Wildman–Crippen MR) is 56.6 cm³/mol. The zero-order valence-electron chi connectivity index (χ0n) is 6.35. The second kappa shape index (κ2) is 7.69. The Morgan fingerprint density at radius 1 is 1.50 bits per heavy atom. The topological polar surface area (TPSA) is 12.0 Å². The third kappa shape index (κ3) is 6.71. The monoisotopic (exact) mass is 195 g/mol. The highest BCUT2D eigenvalue weighted by molar-refractivity contribution is 8.24. The summed E-state index contributed by atoms with van der Waals surface area (Å²) in [5.74, 6) is 2.18. The maximum absolute atomic E-state index is 5.02. The van der Waals surface area contributed by atoms with Crippen LogP contribution in [-0.2, 0) is 0 Å². The molecule has 0 saturated carbocycles. The first-order valence-electron chi connectivity index (χ1n) is 3.35. The fourth-order valence-corrected chi connectivity index (χ4v) is 1.85. The van der Waals surface area contributed by atoms with E-state index in [2.05, 4.69) is 18.6 Å². The van der Waals surface area contributed by atoms with Crippen LogP contribution in [0.25, 0.3) is 0 Å². The van der Waals surface area contributed by atoms with Crippen LogP contribution in [0.4, 0.5) is 0 Å². The molecule has 0 aromatic carbocycles. The van der Waals surface area contributed by atoms with Crippen molar-refractivity contribution in [2.75, 3.05) is 11.5 Å². The Morgan fingerprint density at radius 2 is 2.20 bits per heavy atom. The van der Waals surface area contributed by atoms with Crippen molar-refractivity contribution >= 4 is 40.2 Å². The number of thiocarbonyl (C=S) groups is 1. The van der Waals surface area contributed by atoms with E-state index in [1.807, 2.05) is 0 Å². The molecule has 0 heterocycles. The Balaban J connectivity index is 3.09. The van der Waals surface area contributed by atoms with Crippen molar-refractivity contribution < 1.29 is 0 Å². The van der Waals surface area contributed by atoms with Crippen LogP contribution in [0.3, 0.4) is 0 Å². The minimum absolute atomic E-state index is 0.911. The Kier molecular flexibility index (Phi) is 8.15. The van der Waals surface area contributed by atoms with Gasteiger partial charge in [-0.1, -0.05) is 49.8 Å². The highest BCUT2D eigenvalue weighted by atomic mass is 32.2. The molecule has 0 unspecified atom stereocenters. The summed E-state index contributed by atoms with van der Waals surface area (Å²) in [5, 5.41) is 0. The van der Waals surface area contributed by atoms with Crippen LogP contribution in [0.1, 0.15) is 20.3 Å². The van der Waals surface area contributed by atoms with Gasteiger partial charge in [-0.3, -0.25) is 0 Å². The summed E-state index contributed by atoms with van der Waals surface area (Å²) in [4.78, 5) is 0. The van der Waals surface area contributed by atoms with Gasteiger partial charge in [0.1, 0.15) is 4.32 Å². The van der Waals surface area contributed by atoms with Gasteiger partial charge in [-0.25, -0.2) is 0 Å². The summed E-state index contributed by atoms with van der Waals surface area (Å²) in [6, 6.07) is 0. The van der Waals surface area contributed by atoms with Crippen molar-refractivity contribution in [3.8, 4) is 0 Å². The van der Waals surface area contributed by atoms with Crippen LogP contribution >= 0.6 is 35.9 Å². The summed E-state index contributed by atoms with van der Waals surface area (Å²) in [6.07, 6.45) is 1.18. The van der Waals surface area contributed by atoms with Crippen LogP contribution in [0, 0.1) is 0 Å². The summed E-state index contributed by atoms with van der Waals surface area (Å²) >= 11 is 8.39. The number of hydrogen-bond acceptors (Lipinski definition) is 3. The standard InChI is InChI=1S/C6H13NS3/c1-3-5-9-6(8)7-10-4-2/h3-5H2,1-2H3,(H,7,8). The third-order valence-electron chi connectivity index (χ3n) is 0.737. The van der Waals surface area contributed by atoms with Gasteiger partial charge in [0, 0.05) is 11.5 Å². The van der Waals surface area contributed by atoms with E-state index in [4.69, 9.17) is 12.2 Å². The van der Waals surface area contributed by atoms with Crippen molar-refractivity contribution in [2.45, 2.75) is 20.3 Å². The van der Waals surface area contributed by atoms with Crippen LogP contribution in [0.5, 0.6) is 0 Å². The van der Waals surface area contributed by atoms with E-state index < -0.39 is 0 Å². The molecule has 0 atom stereocenters. The van der Waals surface area contributed by atoms with Gasteiger partial charge in [0.25, 0.3) is 0 Å². The molecule has 0 amide bonds. The molecule has 60 valence electrons. The molecule has 1 nitrogen and oxygen atoms in total. The molecule has 0 radical (unpaired) electrons. The van der Waals surface area contributed by atoms with E-state index in [0.29, 0.717) is 0 Å². The van der Waals surface area contributed by atoms with Gasteiger partial charge in [0.05, 0.1) is 0 Å². The lowest BCUT2D eigenvalue weighted by Gasteiger charge is -2.02. The summed E-state index contributed by atoms with van der Waals surface area (Å²) < 4.78 is 3.99. The molecule has 10 heavy (non-hydrogen) atoms. The maximum Gasteiger partial charge on any atom is 0.143 e. The molecule has 0 aromatic heterocycles. The number of rotatable bonds is 4. The number of thioether (sulfide) groups is 1. The van der Waals surface area contributed by atoms with Crippen molar-refractivity contribution in [1.29, 1.82) is 0 Å². The SMILES string of the molecule is CCCSC(=S)NSCC. The Morgan fingerprint density at radius 3 is 2.70 bits per heavy atom. The van der Waals surface area contributed by atoms with Crippen molar-refractivity contribution in [1.82, 2.24) is 4.72 Å². The lowest BCUT2D eigenvalue weighted by molar-refractivity contribution is 1.11. The van der Waals surface area contributed by atoms with E-state index in [0.717, 1.165) is 15.8 Å². The average Bonchev–Trinajstić information content (AvgIpc) is 1.97. The Bertz CT molecular complexity index is 85.0. The fourth-order valence-electron chi connectivity index (χ4n) is 0.355. The van der Waals surface area contributed by atoms with Crippen molar-refractivity contribution in [2.24, 2.45) is 0 Å². The molecule has 0 bridgehead atoms. The molecule has 4 heteroatoms. The lowest BCUT2D eigenvalue weighted by Crippen LogP contribution is -2.09. The molecule has 0 rings (SSSR count). The molecule has 1 N–H and O–H groups in total. The molecular weight excluding hydrogens is 182 g/mol. The molecule has 0 saturated heterocycles. The number of nitrogens with one attached hydrogen (secondary N) is 1. The van der Waals surface area contributed by atoms with Crippen LogP contribution in [-0.4, -0.2) is 15.8 Å². The van der Waals surface area contributed by atoms with Gasteiger partial charge in [0.2, 0.25) is 0 Å². The van der Waals surface area contributed by atoms with Gasteiger partial charge in [0.15, 0.2) is 0 Å². The quantitative estimate of drug-likeness (QED) is 0.546. The first kappa shape index (κ1) is 10.6. The van der Waals surface area contributed by atoms with Gasteiger partial charge in [-0.05, 0) is 6.42 Å². The highest BCUT2D eigenvalue weighted by Crippen LogP contribution is 2.06. The van der Waals surface area contributed by atoms with Gasteiger partial charge >= 0.3 is 0 Å². The molecule has 0 aromatic rings. The van der Waals surface area contributed by atoms with E-state index in [1.165, 1.54) is 6.42 Å². The molecule has 0 aliphatic rings. The first-order valence-corrected chi connectivity index (χ1v) is 5.73. The minimum Gasteiger partial charge on any atom is -0.315 e. The maximum atomic E-state index is 5.02. The number of hydrogen-bond donors (Lipinski definition) is 1. The zero-order chi connectivity index (χ0) is 7.82. The summed E-state index contributed by atoms with van der Waals surface area (Å²) in [6.45, 7) is 4.26. The molecule has 0 spiro atoms. The van der Waals surface area contributed by atoms with E-state index in [1.54, 1.807) is 23.7 Å². The molecule has 0 aliphatic heterocycles. The van der Waals surface area contributed by atoms with Crippen LogP contribution < -0.4 is 4.72 Å². The Labute approximate surface area is 76.9 Å². The Hall–Kier alpha value is 0.590. The molecule has 0 aliphatic carbocycles. The van der Waals surface area contributed by atoms with Crippen LogP contribution in [0.2, 0.25) is 0 Å². The van der Waals surface area contributed by atoms with E-state index >= 15 is 0 Å². The van der Waals surface area contributed by atoms with Gasteiger partial charge in [-0.2, -0.15) is 0 Å². The van der Waals surface area contributed by atoms with Gasteiger partial charge < -0.3 is 4.72 Å². The minimum atomic E-state index is 0.911. The van der Waals surface area contributed by atoms with Crippen molar-refractivity contribution in [3.05, 3.63) is 0 Å². The zero-order valence-corrected chi connectivity index (χ0v) is 8.80. The lowest BCUT2D eigenvalue weighted by atomic mass is 10.6. The third-order valence-corrected chi connectivity index (χ3v) is 3.06. The normalized spacial score (nSPS) is 9.40. The summed E-state index contributed by atoms with van der Waals surface area (Å²) in [5.41, 5.74) is 0. The van der Waals surface area contributed by atoms with E-state index in [9.17, 15) is 0 Å². The van der Waals surface area contributed by atoms with Crippen LogP contribution in [0.15, 0.2) is 0 Å². The predicted octanol–water partition coefficient (Wildman–Crippen LogP) is 2.67. The first-order chi connectivity index (χ1) is 4.81. The second-order valence-electron chi connectivity index (χ2n) is 1.67. The average molecular weight is 195 g/mol. The largest absolute Gasteiger partial charge is 0.315 e.